The minimum Gasteiger partial charge on any atom is -0.497 e. The van der Waals surface area contributed by atoms with Crippen LogP contribution >= 0.6 is 11.3 Å². The predicted octanol–water partition coefficient (Wildman–Crippen LogP) is 3.89. The lowest BCUT2D eigenvalue weighted by molar-refractivity contribution is 0.0528. The molecule has 136 valence electrons. The van der Waals surface area contributed by atoms with Gasteiger partial charge in [-0.25, -0.2) is 13.2 Å². The molecule has 3 aromatic rings. The molecule has 0 amide bonds. The molecule has 1 heterocycles. The summed E-state index contributed by atoms with van der Waals surface area (Å²) < 4.78 is 39.4. The van der Waals surface area contributed by atoms with Gasteiger partial charge in [0.25, 0.3) is 10.0 Å². The number of esters is 1. The Bertz CT molecular complexity index is 1040. The summed E-state index contributed by atoms with van der Waals surface area (Å²) in [6.07, 6.45) is 0. The van der Waals surface area contributed by atoms with Crippen LogP contribution in [0.3, 0.4) is 0 Å². The number of ether oxygens (including phenoxy) is 2. The molecule has 3 rings (SSSR count). The van der Waals surface area contributed by atoms with Crippen molar-refractivity contribution in [2.75, 3.05) is 18.4 Å². The molecule has 0 spiro atoms. The summed E-state index contributed by atoms with van der Waals surface area (Å²) in [7, 11) is -2.46. The molecule has 0 fully saturated rings. The maximum atomic E-state index is 13.0. The van der Waals surface area contributed by atoms with Gasteiger partial charge in [0.2, 0.25) is 0 Å². The maximum absolute atomic E-state index is 13.0. The molecule has 26 heavy (non-hydrogen) atoms. The smallest absolute Gasteiger partial charge is 0.349 e. The lowest BCUT2D eigenvalue weighted by atomic mass is 10.2. The Hall–Kier alpha value is -2.58. The van der Waals surface area contributed by atoms with Crippen molar-refractivity contribution in [2.45, 2.75) is 11.8 Å². The molecule has 0 aliphatic carbocycles. The fourth-order valence-corrected chi connectivity index (χ4v) is 5.34. The first-order chi connectivity index (χ1) is 12.5. The second-order valence-corrected chi connectivity index (χ2v) is 7.98. The largest absolute Gasteiger partial charge is 0.497 e. The molecule has 0 aliphatic heterocycles. The highest BCUT2D eigenvalue weighted by molar-refractivity contribution is 7.93. The standard InChI is InChI=1S/C18H17NO5S2/c1-3-24-18(20)16-17(14-6-4-5-7-15(14)25-16)26(21,22)19-12-8-10-13(23-2)11-9-12/h4-11,19H,3H2,1-2H3. The highest BCUT2D eigenvalue weighted by atomic mass is 32.2. The van der Waals surface area contributed by atoms with Gasteiger partial charge in [-0.05, 0) is 37.3 Å². The molecule has 0 bridgehead atoms. The van der Waals surface area contributed by atoms with Crippen LogP contribution in [0, 0.1) is 0 Å². The van der Waals surface area contributed by atoms with Gasteiger partial charge in [-0.15, -0.1) is 11.3 Å². The number of hydrogen-bond donors (Lipinski definition) is 1. The van der Waals surface area contributed by atoms with Crippen LogP contribution < -0.4 is 9.46 Å². The SMILES string of the molecule is CCOC(=O)c1sc2ccccc2c1S(=O)(=O)Nc1ccc(OC)cc1. The summed E-state index contributed by atoms with van der Waals surface area (Å²) in [5.74, 6) is -0.0371. The fraction of sp³-hybridized carbons (Fsp3) is 0.167. The summed E-state index contributed by atoms with van der Waals surface area (Å²) >= 11 is 1.10. The van der Waals surface area contributed by atoms with Crippen LogP contribution in [-0.2, 0) is 14.8 Å². The molecule has 6 nitrogen and oxygen atoms in total. The lowest BCUT2D eigenvalue weighted by Crippen LogP contribution is -2.16. The minimum absolute atomic E-state index is 0.0626. The minimum atomic E-state index is -3.99. The number of sulfonamides is 1. The third kappa shape index (κ3) is 3.51. The van der Waals surface area contributed by atoms with Crippen molar-refractivity contribution in [1.82, 2.24) is 0 Å². The summed E-state index contributed by atoms with van der Waals surface area (Å²) in [5.41, 5.74) is 0.371. The summed E-state index contributed by atoms with van der Waals surface area (Å²) in [6, 6.07) is 13.5. The summed E-state index contributed by atoms with van der Waals surface area (Å²) in [4.78, 5) is 12.3. The predicted molar refractivity (Wildman–Crippen MR) is 102 cm³/mol. The second-order valence-electron chi connectivity index (χ2n) is 5.31. The number of fused-ring (bicyclic) bond motifs is 1. The van der Waals surface area contributed by atoms with E-state index in [0.29, 0.717) is 21.5 Å². The van der Waals surface area contributed by atoms with E-state index in [0.717, 1.165) is 11.3 Å². The molecule has 0 saturated carbocycles. The average molecular weight is 391 g/mol. The Balaban J connectivity index is 2.09. The van der Waals surface area contributed by atoms with E-state index in [9.17, 15) is 13.2 Å². The third-order valence-corrected chi connectivity index (χ3v) is 6.37. The number of nitrogens with one attached hydrogen (secondary N) is 1. The van der Waals surface area contributed by atoms with Gasteiger partial charge in [0.05, 0.1) is 13.7 Å². The van der Waals surface area contributed by atoms with E-state index in [1.807, 2.05) is 0 Å². The van der Waals surface area contributed by atoms with Crippen LogP contribution in [0.15, 0.2) is 53.4 Å². The molecule has 0 unspecified atom stereocenters. The van der Waals surface area contributed by atoms with Gasteiger partial charge in [0.15, 0.2) is 0 Å². The topological polar surface area (TPSA) is 81.7 Å². The van der Waals surface area contributed by atoms with Crippen LogP contribution in [0.4, 0.5) is 5.69 Å². The van der Waals surface area contributed by atoms with Crippen molar-refractivity contribution in [1.29, 1.82) is 0 Å². The van der Waals surface area contributed by atoms with E-state index >= 15 is 0 Å². The van der Waals surface area contributed by atoms with Crippen LogP contribution in [0.5, 0.6) is 5.75 Å². The number of carbonyl (C=O) groups excluding carboxylic acids is 1. The van der Waals surface area contributed by atoms with Gasteiger partial charge in [0.1, 0.15) is 15.5 Å². The molecule has 8 heteroatoms. The summed E-state index contributed by atoms with van der Waals surface area (Å²) in [6.45, 7) is 1.84. The summed E-state index contributed by atoms with van der Waals surface area (Å²) in [5, 5.41) is 0.488. The van der Waals surface area contributed by atoms with Gasteiger partial charge in [-0.1, -0.05) is 18.2 Å². The lowest BCUT2D eigenvalue weighted by Gasteiger charge is -2.10. The van der Waals surface area contributed by atoms with E-state index in [-0.39, 0.29) is 16.4 Å². The van der Waals surface area contributed by atoms with Crippen molar-refractivity contribution < 1.29 is 22.7 Å². The Morgan fingerprint density at radius 3 is 2.46 bits per heavy atom. The first-order valence-corrected chi connectivity index (χ1v) is 10.1. The van der Waals surface area contributed by atoms with Gasteiger partial charge in [-0.3, -0.25) is 4.72 Å². The number of rotatable bonds is 6. The monoisotopic (exact) mass is 391 g/mol. The fourth-order valence-electron chi connectivity index (χ4n) is 2.48. The number of carbonyl (C=O) groups is 1. The van der Waals surface area contributed by atoms with E-state index in [1.54, 1.807) is 55.5 Å². The van der Waals surface area contributed by atoms with Crippen molar-refractivity contribution in [3.8, 4) is 5.75 Å². The van der Waals surface area contributed by atoms with Crippen molar-refractivity contribution in [3.63, 3.8) is 0 Å². The highest BCUT2D eigenvalue weighted by Crippen LogP contribution is 2.36. The van der Waals surface area contributed by atoms with E-state index in [4.69, 9.17) is 9.47 Å². The van der Waals surface area contributed by atoms with E-state index in [2.05, 4.69) is 4.72 Å². The molecule has 0 aliphatic rings. The normalized spacial score (nSPS) is 11.3. The number of benzene rings is 2. The zero-order valence-corrected chi connectivity index (χ0v) is 15.8. The van der Waals surface area contributed by atoms with E-state index in [1.165, 1.54) is 7.11 Å². The molecule has 1 N–H and O–H groups in total. The Kier molecular flexibility index (Phi) is 5.15. The first kappa shape index (κ1) is 18.2. The third-order valence-electron chi connectivity index (χ3n) is 3.62. The van der Waals surface area contributed by atoms with Gasteiger partial charge >= 0.3 is 5.97 Å². The number of methoxy groups -OCH3 is 1. The Morgan fingerprint density at radius 1 is 1.12 bits per heavy atom. The van der Waals surface area contributed by atoms with Crippen LogP contribution in [0.2, 0.25) is 0 Å². The molecule has 1 aromatic heterocycles. The average Bonchev–Trinajstić information content (AvgIpc) is 3.03. The van der Waals surface area contributed by atoms with Crippen LogP contribution in [0.25, 0.3) is 10.1 Å². The van der Waals surface area contributed by atoms with Crippen molar-refractivity contribution in [2.24, 2.45) is 0 Å². The zero-order valence-electron chi connectivity index (χ0n) is 14.2. The second kappa shape index (κ2) is 7.35. The molecule has 0 atom stereocenters. The quantitative estimate of drug-likeness (QED) is 0.645. The van der Waals surface area contributed by atoms with Crippen molar-refractivity contribution in [3.05, 3.63) is 53.4 Å². The number of hydrogen-bond acceptors (Lipinski definition) is 6. The highest BCUT2D eigenvalue weighted by Gasteiger charge is 2.29. The molecular formula is C18H17NO5S2. The molecule has 2 aromatic carbocycles. The zero-order chi connectivity index (χ0) is 18.7. The Labute approximate surface area is 155 Å². The maximum Gasteiger partial charge on any atom is 0.349 e. The van der Waals surface area contributed by atoms with Gasteiger partial charge in [-0.2, -0.15) is 0 Å². The van der Waals surface area contributed by atoms with Crippen LogP contribution in [-0.4, -0.2) is 28.1 Å². The van der Waals surface area contributed by atoms with E-state index < -0.39 is 16.0 Å². The van der Waals surface area contributed by atoms with Crippen LogP contribution in [0.1, 0.15) is 16.6 Å². The van der Waals surface area contributed by atoms with Crippen molar-refractivity contribution >= 4 is 43.1 Å². The molecule has 0 saturated heterocycles. The number of anilines is 1. The van der Waals surface area contributed by atoms with Gasteiger partial charge in [0, 0.05) is 15.8 Å². The Morgan fingerprint density at radius 2 is 1.81 bits per heavy atom. The molecule has 0 radical (unpaired) electrons. The number of thiophene rings is 1. The van der Waals surface area contributed by atoms with Gasteiger partial charge < -0.3 is 9.47 Å². The molecular weight excluding hydrogens is 374 g/mol. The first-order valence-electron chi connectivity index (χ1n) is 7.81.